The Balaban J connectivity index is 2.74. The molecule has 0 radical (unpaired) electrons. The van der Waals surface area contributed by atoms with Crippen molar-refractivity contribution in [2.24, 2.45) is 0 Å². The van der Waals surface area contributed by atoms with Gasteiger partial charge in [0.25, 0.3) is 0 Å². The van der Waals surface area contributed by atoms with Gasteiger partial charge in [0, 0.05) is 23.8 Å². The quantitative estimate of drug-likeness (QED) is 0.730. The molecule has 0 aromatic heterocycles. The van der Waals surface area contributed by atoms with Crippen molar-refractivity contribution >= 4 is 23.3 Å². The van der Waals surface area contributed by atoms with Crippen molar-refractivity contribution in [3.8, 4) is 0 Å². The van der Waals surface area contributed by atoms with E-state index in [4.69, 9.17) is 16.7 Å². The maximum atomic E-state index is 10.7. The van der Waals surface area contributed by atoms with E-state index < -0.39 is 5.97 Å². The number of hydrogen-bond donors (Lipinski definition) is 1. The van der Waals surface area contributed by atoms with Crippen LogP contribution in [-0.2, 0) is 4.79 Å². The van der Waals surface area contributed by atoms with E-state index in [9.17, 15) is 4.79 Å². The number of nitrogens with zero attached hydrogens (tertiary/aromatic N) is 1. The van der Waals surface area contributed by atoms with Crippen LogP contribution in [0.4, 0.5) is 5.69 Å². The Hall–Kier alpha value is -1.22. The van der Waals surface area contributed by atoms with Crippen LogP contribution in [0.1, 0.15) is 38.2 Å². The van der Waals surface area contributed by atoms with E-state index in [1.807, 2.05) is 25.1 Å². The van der Waals surface area contributed by atoms with Crippen LogP contribution < -0.4 is 4.90 Å². The van der Waals surface area contributed by atoms with E-state index in [1.54, 1.807) is 0 Å². The van der Waals surface area contributed by atoms with Gasteiger partial charge in [0.05, 0.1) is 6.42 Å². The predicted octanol–water partition coefficient (Wildman–Crippen LogP) is 4.12. The minimum absolute atomic E-state index is 0.150. The van der Waals surface area contributed by atoms with E-state index >= 15 is 0 Å². The van der Waals surface area contributed by atoms with Gasteiger partial charge in [-0.1, -0.05) is 37.4 Å². The van der Waals surface area contributed by atoms with E-state index in [1.165, 1.54) is 0 Å². The van der Waals surface area contributed by atoms with Crippen LogP contribution in [-0.4, -0.2) is 24.2 Å². The summed E-state index contributed by atoms with van der Waals surface area (Å²) in [6.07, 6.45) is 3.53. The lowest BCUT2D eigenvalue weighted by Gasteiger charge is -2.24. The summed E-state index contributed by atoms with van der Waals surface area (Å²) in [5.74, 6) is -0.765. The van der Waals surface area contributed by atoms with Crippen LogP contribution in [0.3, 0.4) is 0 Å². The highest BCUT2D eigenvalue weighted by Gasteiger charge is 2.09. The van der Waals surface area contributed by atoms with E-state index in [2.05, 4.69) is 11.8 Å². The molecule has 1 rings (SSSR count). The van der Waals surface area contributed by atoms with Crippen LogP contribution in [0, 0.1) is 6.92 Å². The molecule has 4 heteroatoms. The lowest BCUT2D eigenvalue weighted by molar-refractivity contribution is -0.136. The minimum Gasteiger partial charge on any atom is -0.481 e. The van der Waals surface area contributed by atoms with Gasteiger partial charge in [0.15, 0.2) is 0 Å². The topological polar surface area (TPSA) is 40.5 Å². The van der Waals surface area contributed by atoms with Gasteiger partial charge in [-0.15, -0.1) is 0 Å². The lowest BCUT2D eigenvalue weighted by Crippen LogP contribution is -2.27. The Labute approximate surface area is 120 Å². The summed E-state index contributed by atoms with van der Waals surface area (Å²) in [5, 5.41) is 9.56. The molecule has 1 aromatic carbocycles. The molecule has 106 valence electrons. The average Bonchev–Trinajstić information content (AvgIpc) is 2.37. The Morgan fingerprint density at radius 1 is 1.32 bits per heavy atom. The summed E-state index contributed by atoms with van der Waals surface area (Å²) >= 11 is 6.14. The average molecular weight is 284 g/mol. The molecule has 0 atom stereocenters. The first kappa shape index (κ1) is 15.8. The Morgan fingerprint density at radius 3 is 2.63 bits per heavy atom. The molecule has 0 spiro atoms. The number of unbranched alkanes of at least 4 members (excludes halogenated alkanes) is 2. The van der Waals surface area contributed by atoms with Gasteiger partial charge in [0.1, 0.15) is 0 Å². The number of anilines is 1. The third-order valence-corrected chi connectivity index (χ3v) is 3.55. The first-order chi connectivity index (χ1) is 9.04. The number of hydrogen-bond acceptors (Lipinski definition) is 2. The molecule has 0 aliphatic heterocycles. The highest BCUT2D eigenvalue weighted by atomic mass is 35.5. The van der Waals surface area contributed by atoms with Crippen LogP contribution in [0.15, 0.2) is 18.2 Å². The van der Waals surface area contributed by atoms with Gasteiger partial charge in [-0.2, -0.15) is 0 Å². The Bertz CT molecular complexity index is 421. The van der Waals surface area contributed by atoms with E-state index in [0.717, 1.165) is 42.1 Å². The molecule has 0 aliphatic carbocycles. The molecule has 0 fully saturated rings. The SMILES string of the molecule is CCCCCN(CCC(=O)O)c1ccc(C)c(Cl)c1. The normalized spacial score (nSPS) is 10.5. The van der Waals surface area contributed by atoms with Crippen LogP contribution in [0.2, 0.25) is 5.02 Å². The monoisotopic (exact) mass is 283 g/mol. The number of carboxylic acids is 1. The molecule has 1 aromatic rings. The first-order valence-corrected chi connectivity index (χ1v) is 7.15. The molecule has 0 amide bonds. The largest absolute Gasteiger partial charge is 0.481 e. The lowest BCUT2D eigenvalue weighted by atomic mass is 10.2. The molecule has 0 bridgehead atoms. The van der Waals surface area contributed by atoms with Crippen molar-refractivity contribution in [3.05, 3.63) is 28.8 Å². The van der Waals surface area contributed by atoms with Crippen molar-refractivity contribution in [2.45, 2.75) is 39.5 Å². The van der Waals surface area contributed by atoms with Crippen LogP contribution in [0.25, 0.3) is 0 Å². The first-order valence-electron chi connectivity index (χ1n) is 6.77. The van der Waals surface area contributed by atoms with Crippen molar-refractivity contribution < 1.29 is 9.90 Å². The highest BCUT2D eigenvalue weighted by molar-refractivity contribution is 6.31. The number of carboxylic acid groups (broad SMARTS) is 1. The highest BCUT2D eigenvalue weighted by Crippen LogP contribution is 2.23. The van der Waals surface area contributed by atoms with Crippen LogP contribution >= 0.6 is 11.6 Å². The van der Waals surface area contributed by atoms with Crippen molar-refractivity contribution in [1.82, 2.24) is 0 Å². The van der Waals surface area contributed by atoms with Crippen LogP contribution in [0.5, 0.6) is 0 Å². The summed E-state index contributed by atoms with van der Waals surface area (Å²) in [7, 11) is 0. The summed E-state index contributed by atoms with van der Waals surface area (Å²) in [4.78, 5) is 12.8. The van der Waals surface area contributed by atoms with Crippen molar-refractivity contribution in [2.75, 3.05) is 18.0 Å². The number of carbonyl (C=O) groups is 1. The third-order valence-electron chi connectivity index (χ3n) is 3.15. The Kier molecular flexibility index (Phi) is 6.71. The molecule has 19 heavy (non-hydrogen) atoms. The molecular formula is C15H22ClNO2. The fourth-order valence-corrected chi connectivity index (χ4v) is 2.11. The van der Waals surface area contributed by atoms with Gasteiger partial charge >= 0.3 is 5.97 Å². The van der Waals surface area contributed by atoms with E-state index in [0.29, 0.717) is 6.54 Å². The molecule has 0 saturated carbocycles. The molecule has 3 nitrogen and oxygen atoms in total. The number of aliphatic carboxylic acids is 1. The maximum Gasteiger partial charge on any atom is 0.305 e. The molecule has 0 heterocycles. The fraction of sp³-hybridized carbons (Fsp3) is 0.533. The number of benzene rings is 1. The van der Waals surface area contributed by atoms with E-state index in [-0.39, 0.29) is 6.42 Å². The summed E-state index contributed by atoms with van der Waals surface area (Å²) < 4.78 is 0. The zero-order valence-corrected chi connectivity index (χ0v) is 12.4. The van der Waals surface area contributed by atoms with Gasteiger partial charge in [-0.25, -0.2) is 0 Å². The van der Waals surface area contributed by atoms with Gasteiger partial charge < -0.3 is 10.0 Å². The third kappa shape index (κ3) is 5.52. The number of halogens is 1. The fourth-order valence-electron chi connectivity index (χ4n) is 1.93. The molecule has 1 N–H and O–H groups in total. The van der Waals surface area contributed by atoms with Crippen molar-refractivity contribution in [3.63, 3.8) is 0 Å². The Morgan fingerprint density at radius 2 is 2.05 bits per heavy atom. The van der Waals surface area contributed by atoms with Crippen molar-refractivity contribution in [1.29, 1.82) is 0 Å². The van der Waals surface area contributed by atoms with Gasteiger partial charge in [-0.3, -0.25) is 4.79 Å². The zero-order chi connectivity index (χ0) is 14.3. The number of rotatable bonds is 8. The molecule has 0 saturated heterocycles. The minimum atomic E-state index is -0.765. The molecule has 0 unspecified atom stereocenters. The summed E-state index contributed by atoms with van der Waals surface area (Å²) in [6, 6.07) is 5.91. The maximum absolute atomic E-state index is 10.7. The molecular weight excluding hydrogens is 262 g/mol. The summed E-state index contributed by atoms with van der Waals surface area (Å²) in [6.45, 7) is 5.52. The second-order valence-corrected chi connectivity index (χ2v) is 5.18. The second kappa shape index (κ2) is 8.05. The second-order valence-electron chi connectivity index (χ2n) is 4.77. The smallest absolute Gasteiger partial charge is 0.305 e. The zero-order valence-electron chi connectivity index (χ0n) is 11.7. The predicted molar refractivity (Wildman–Crippen MR) is 80.2 cm³/mol. The molecule has 0 aliphatic rings. The summed E-state index contributed by atoms with van der Waals surface area (Å²) in [5.41, 5.74) is 2.05. The standard InChI is InChI=1S/C15H22ClNO2/c1-3-4-5-9-17(10-8-15(18)19)13-7-6-12(2)14(16)11-13/h6-7,11H,3-5,8-10H2,1-2H3,(H,18,19). The number of aryl methyl sites for hydroxylation is 1. The van der Waals surface area contributed by atoms with Gasteiger partial charge in [-0.05, 0) is 31.0 Å². The van der Waals surface area contributed by atoms with Gasteiger partial charge in [0.2, 0.25) is 0 Å².